The molecule has 4 heteroatoms. The third-order valence-electron chi connectivity index (χ3n) is 8.28. The van der Waals surface area contributed by atoms with Crippen LogP contribution in [0.15, 0.2) is 36.6 Å². The Balaban J connectivity index is 1.26. The summed E-state index contributed by atoms with van der Waals surface area (Å²) >= 11 is 0. The topological polar surface area (TPSA) is 63.0 Å². The molecule has 4 aliphatic rings. The van der Waals surface area contributed by atoms with Crippen molar-refractivity contribution in [1.82, 2.24) is 10.3 Å². The van der Waals surface area contributed by atoms with Gasteiger partial charge < -0.3 is 16.4 Å². The number of anilines is 1. The number of rotatable bonds is 6. The fourth-order valence-electron chi connectivity index (χ4n) is 6.26. The highest BCUT2D eigenvalue weighted by Gasteiger charge is 2.62. The Morgan fingerprint density at radius 2 is 1.90 bits per heavy atom. The predicted octanol–water partition coefficient (Wildman–Crippen LogP) is 4.89. The Kier molecular flexibility index (Phi) is 5.72. The van der Waals surface area contributed by atoms with Crippen molar-refractivity contribution >= 4 is 11.4 Å². The van der Waals surface area contributed by atoms with E-state index < -0.39 is 0 Å². The van der Waals surface area contributed by atoms with Crippen molar-refractivity contribution in [2.45, 2.75) is 82.3 Å². The van der Waals surface area contributed by atoms with Crippen LogP contribution in [-0.4, -0.2) is 29.2 Å². The predicted molar refractivity (Wildman–Crippen MR) is 125 cm³/mol. The van der Waals surface area contributed by atoms with Crippen molar-refractivity contribution < 1.29 is 0 Å². The zero-order valence-corrected chi connectivity index (χ0v) is 18.4. The van der Waals surface area contributed by atoms with Gasteiger partial charge in [0.15, 0.2) is 0 Å². The molecule has 1 heterocycles. The van der Waals surface area contributed by atoms with Crippen LogP contribution in [0.4, 0.5) is 5.82 Å². The van der Waals surface area contributed by atoms with E-state index in [0.29, 0.717) is 23.9 Å². The van der Waals surface area contributed by atoms with Crippen LogP contribution in [-0.2, 0) is 0 Å². The number of allylic oxidation sites excluding steroid dienone is 2. The zero-order chi connectivity index (χ0) is 20.6. The van der Waals surface area contributed by atoms with E-state index in [1.54, 1.807) is 0 Å². The summed E-state index contributed by atoms with van der Waals surface area (Å²) in [6.07, 6.45) is 20.6. The van der Waals surface area contributed by atoms with Crippen LogP contribution < -0.4 is 16.4 Å². The third-order valence-corrected chi connectivity index (χ3v) is 8.28. The van der Waals surface area contributed by atoms with Gasteiger partial charge in [0.05, 0.1) is 0 Å². The highest BCUT2D eigenvalue weighted by Crippen LogP contribution is 2.59. The molecule has 0 radical (unpaired) electrons. The molecule has 3 atom stereocenters. The zero-order valence-electron chi connectivity index (χ0n) is 18.4. The summed E-state index contributed by atoms with van der Waals surface area (Å²) in [5, 5.41) is 7.68. The summed E-state index contributed by atoms with van der Waals surface area (Å²) in [6.45, 7) is 3.58. The molecule has 0 saturated heterocycles. The summed E-state index contributed by atoms with van der Waals surface area (Å²) in [6, 6.07) is 5.33. The van der Waals surface area contributed by atoms with E-state index in [0.717, 1.165) is 37.4 Å². The molecule has 0 amide bonds. The second kappa shape index (κ2) is 8.47. The molecule has 30 heavy (non-hydrogen) atoms. The molecule has 3 fully saturated rings. The minimum atomic E-state index is 0.165. The summed E-state index contributed by atoms with van der Waals surface area (Å²) in [5.74, 6) is 3.10. The van der Waals surface area contributed by atoms with Gasteiger partial charge >= 0.3 is 0 Å². The second-order valence-corrected chi connectivity index (χ2v) is 10.3. The maximum absolute atomic E-state index is 6.07. The van der Waals surface area contributed by atoms with E-state index >= 15 is 0 Å². The molecule has 162 valence electrons. The van der Waals surface area contributed by atoms with Crippen molar-refractivity contribution in [2.75, 3.05) is 11.9 Å². The molecule has 3 saturated carbocycles. The van der Waals surface area contributed by atoms with Crippen LogP contribution in [0.3, 0.4) is 0 Å². The molecular weight excluding hydrogens is 368 g/mol. The molecular formula is C26H38N4. The normalized spacial score (nSPS) is 36.1. The van der Waals surface area contributed by atoms with Gasteiger partial charge in [-0.05, 0) is 80.2 Å². The van der Waals surface area contributed by atoms with Gasteiger partial charge in [-0.25, -0.2) is 4.98 Å². The standard InChI is InChI=1S/C26H38N4/c1-18-25-23(8-5-14-26(18,25)29-17-19-6-3-2-4-7-19)20-13-15-28-24(16-20)30-22-11-9-21(27)10-12-22/h5,8,13-16,18-19,21-22,25,29H,2-4,6-7,9-12,17,27H2,1H3,(H,28,30). The van der Waals surface area contributed by atoms with E-state index in [1.807, 2.05) is 6.20 Å². The number of nitrogens with two attached hydrogens (primary N) is 1. The van der Waals surface area contributed by atoms with Gasteiger partial charge in [0, 0.05) is 29.7 Å². The third kappa shape index (κ3) is 3.97. The van der Waals surface area contributed by atoms with Crippen molar-refractivity contribution in [2.24, 2.45) is 23.5 Å². The van der Waals surface area contributed by atoms with Crippen LogP contribution >= 0.6 is 0 Å². The Labute approximate surface area is 181 Å². The van der Waals surface area contributed by atoms with Crippen LogP contribution in [0.1, 0.15) is 70.3 Å². The fraction of sp³-hybridized carbons (Fsp3) is 0.654. The first-order valence-electron chi connectivity index (χ1n) is 12.3. The number of hydrogen-bond acceptors (Lipinski definition) is 4. The first-order chi connectivity index (χ1) is 14.7. The van der Waals surface area contributed by atoms with Gasteiger partial charge in [-0.3, -0.25) is 0 Å². The molecule has 5 rings (SSSR count). The van der Waals surface area contributed by atoms with E-state index in [4.69, 9.17) is 5.73 Å². The van der Waals surface area contributed by atoms with Crippen LogP contribution in [0.25, 0.3) is 5.57 Å². The molecule has 0 aromatic carbocycles. The van der Waals surface area contributed by atoms with Gasteiger partial charge in [0.1, 0.15) is 5.82 Å². The van der Waals surface area contributed by atoms with Gasteiger partial charge in [-0.2, -0.15) is 0 Å². The highest BCUT2D eigenvalue weighted by atomic mass is 15.1. The van der Waals surface area contributed by atoms with E-state index in [1.165, 1.54) is 49.8 Å². The van der Waals surface area contributed by atoms with E-state index in [-0.39, 0.29) is 5.54 Å². The van der Waals surface area contributed by atoms with Crippen LogP contribution in [0, 0.1) is 17.8 Å². The lowest BCUT2D eigenvalue weighted by Crippen LogP contribution is -2.38. The second-order valence-electron chi connectivity index (χ2n) is 10.3. The summed E-state index contributed by atoms with van der Waals surface area (Å²) in [5.41, 5.74) is 9.02. The lowest BCUT2D eigenvalue weighted by Gasteiger charge is -2.27. The van der Waals surface area contributed by atoms with Crippen molar-refractivity contribution in [1.29, 1.82) is 0 Å². The monoisotopic (exact) mass is 406 g/mol. The highest BCUT2D eigenvalue weighted by molar-refractivity contribution is 5.77. The van der Waals surface area contributed by atoms with Crippen LogP contribution in [0.5, 0.6) is 0 Å². The molecule has 0 spiro atoms. The Bertz CT molecular complexity index is 801. The average molecular weight is 407 g/mol. The summed E-state index contributed by atoms with van der Waals surface area (Å²) in [7, 11) is 0. The Morgan fingerprint density at radius 3 is 2.70 bits per heavy atom. The fourth-order valence-corrected chi connectivity index (χ4v) is 6.26. The molecule has 0 aliphatic heterocycles. The quantitative estimate of drug-likeness (QED) is 0.629. The van der Waals surface area contributed by atoms with Gasteiger partial charge in [-0.15, -0.1) is 0 Å². The van der Waals surface area contributed by atoms with E-state index in [2.05, 4.69) is 52.9 Å². The molecule has 4 aliphatic carbocycles. The van der Waals surface area contributed by atoms with Crippen LogP contribution in [0.2, 0.25) is 0 Å². The van der Waals surface area contributed by atoms with Gasteiger partial charge in [0.25, 0.3) is 0 Å². The Hall–Kier alpha value is -1.65. The number of pyridine rings is 1. The lowest BCUT2D eigenvalue weighted by molar-refractivity contribution is 0.327. The lowest BCUT2D eigenvalue weighted by atomic mass is 9.88. The maximum atomic E-state index is 6.07. The van der Waals surface area contributed by atoms with Gasteiger partial charge in [-0.1, -0.05) is 44.4 Å². The number of nitrogens with zero attached hydrogens (tertiary/aromatic N) is 1. The smallest absolute Gasteiger partial charge is 0.126 e. The average Bonchev–Trinajstić information content (AvgIpc) is 3.39. The Morgan fingerprint density at radius 1 is 1.10 bits per heavy atom. The van der Waals surface area contributed by atoms with Gasteiger partial charge in [0.2, 0.25) is 0 Å². The number of hydrogen-bond donors (Lipinski definition) is 3. The first-order valence-corrected chi connectivity index (χ1v) is 12.3. The minimum Gasteiger partial charge on any atom is -0.367 e. The molecule has 4 nitrogen and oxygen atoms in total. The van der Waals surface area contributed by atoms with Crippen molar-refractivity contribution in [3.05, 3.63) is 42.1 Å². The molecule has 1 aromatic rings. The largest absolute Gasteiger partial charge is 0.367 e. The van der Waals surface area contributed by atoms with E-state index in [9.17, 15) is 0 Å². The first kappa shape index (κ1) is 20.3. The molecule has 4 N–H and O–H groups in total. The van der Waals surface area contributed by atoms with Crippen molar-refractivity contribution in [3.8, 4) is 0 Å². The van der Waals surface area contributed by atoms with Crippen molar-refractivity contribution in [3.63, 3.8) is 0 Å². The summed E-state index contributed by atoms with van der Waals surface area (Å²) in [4.78, 5) is 4.62. The number of fused-ring (bicyclic) bond motifs is 1. The SMILES string of the molecule is CC1C2C(c3ccnc(NC4CCC(N)CC4)c3)=CC=CC12NCC1CCCCC1. The molecule has 1 aromatic heterocycles. The minimum absolute atomic E-state index is 0.165. The number of aromatic nitrogens is 1. The summed E-state index contributed by atoms with van der Waals surface area (Å²) < 4.78 is 0. The maximum Gasteiger partial charge on any atom is 0.126 e. The molecule has 3 unspecified atom stereocenters. The number of nitrogens with one attached hydrogen (secondary N) is 2. The molecule has 0 bridgehead atoms.